The third-order valence-electron chi connectivity index (χ3n) is 4.39. The largest absolute Gasteiger partial charge is 0.382 e. The zero-order valence-electron chi connectivity index (χ0n) is 15.7. The van der Waals surface area contributed by atoms with Crippen LogP contribution in [-0.4, -0.2) is 82.4 Å². The Morgan fingerprint density at radius 3 is 2.32 bits per heavy atom. The van der Waals surface area contributed by atoms with Gasteiger partial charge < -0.3 is 37.9 Å². The molecule has 146 valence electrons. The molecule has 3 aliphatic rings. The van der Waals surface area contributed by atoms with Crippen molar-refractivity contribution in [2.24, 2.45) is 0 Å². The van der Waals surface area contributed by atoms with Crippen LogP contribution in [0.2, 0.25) is 0 Å². The van der Waals surface area contributed by atoms with Gasteiger partial charge in [-0.15, -0.1) is 0 Å². The molecule has 0 aromatic heterocycles. The molecule has 0 aromatic carbocycles. The monoisotopic (exact) mass is 362 g/mol. The van der Waals surface area contributed by atoms with Crippen LogP contribution in [0.1, 0.15) is 27.7 Å². The summed E-state index contributed by atoms with van der Waals surface area (Å²) in [4.78, 5) is 0. The molecule has 0 saturated carbocycles. The Morgan fingerprint density at radius 2 is 1.64 bits per heavy atom. The Hall–Kier alpha value is -0.320. The average molecular weight is 362 g/mol. The van der Waals surface area contributed by atoms with E-state index in [2.05, 4.69) is 0 Å². The molecule has 3 heterocycles. The number of hydrogen-bond acceptors (Lipinski definition) is 8. The molecular weight excluding hydrogens is 332 g/mol. The smallest absolute Gasteiger partial charge is 0.190 e. The van der Waals surface area contributed by atoms with E-state index in [9.17, 15) is 0 Å². The summed E-state index contributed by atoms with van der Waals surface area (Å²) in [5.41, 5.74) is 0. The lowest BCUT2D eigenvalue weighted by molar-refractivity contribution is -0.236. The Kier molecular flexibility index (Phi) is 6.02. The fraction of sp³-hybridized carbons (Fsp3) is 1.00. The summed E-state index contributed by atoms with van der Waals surface area (Å²) >= 11 is 0. The number of ether oxygens (including phenoxy) is 8. The summed E-state index contributed by atoms with van der Waals surface area (Å²) in [7, 11) is 1.64. The van der Waals surface area contributed by atoms with E-state index in [1.807, 2.05) is 27.7 Å². The van der Waals surface area contributed by atoms with Gasteiger partial charge in [0.25, 0.3) is 0 Å². The molecule has 3 saturated heterocycles. The van der Waals surface area contributed by atoms with Crippen LogP contribution in [0.15, 0.2) is 0 Å². The van der Waals surface area contributed by atoms with Crippen LogP contribution in [0.25, 0.3) is 0 Å². The van der Waals surface area contributed by atoms with Crippen molar-refractivity contribution in [2.75, 3.05) is 40.1 Å². The summed E-state index contributed by atoms with van der Waals surface area (Å²) in [5, 5.41) is 0. The van der Waals surface area contributed by atoms with E-state index in [0.29, 0.717) is 33.0 Å². The maximum absolute atomic E-state index is 6.07. The van der Waals surface area contributed by atoms with Crippen LogP contribution in [0.3, 0.4) is 0 Å². The molecule has 8 nitrogen and oxygen atoms in total. The summed E-state index contributed by atoms with van der Waals surface area (Å²) < 4.78 is 46.0. The second-order valence-electron chi connectivity index (χ2n) is 7.38. The number of hydrogen-bond donors (Lipinski definition) is 0. The normalized spacial score (nSPS) is 39.0. The van der Waals surface area contributed by atoms with Gasteiger partial charge in [0.15, 0.2) is 17.9 Å². The molecule has 8 heteroatoms. The van der Waals surface area contributed by atoms with E-state index < -0.39 is 17.9 Å². The van der Waals surface area contributed by atoms with Crippen LogP contribution < -0.4 is 0 Å². The van der Waals surface area contributed by atoms with Crippen molar-refractivity contribution in [2.45, 2.75) is 70.0 Å². The minimum Gasteiger partial charge on any atom is -0.382 e. The molecule has 0 aromatic rings. The number of methoxy groups -OCH3 is 1. The van der Waals surface area contributed by atoms with Gasteiger partial charge >= 0.3 is 0 Å². The Balaban J connectivity index is 1.57. The zero-order valence-corrected chi connectivity index (χ0v) is 15.7. The van der Waals surface area contributed by atoms with Gasteiger partial charge in [-0.2, -0.15) is 0 Å². The molecule has 3 aliphatic heterocycles. The fourth-order valence-electron chi connectivity index (χ4n) is 3.36. The van der Waals surface area contributed by atoms with Crippen molar-refractivity contribution in [3.8, 4) is 0 Å². The number of fused-ring (bicyclic) bond motifs is 1. The average Bonchev–Trinajstić information content (AvgIpc) is 3.13. The standard InChI is InChI=1S/C17H30O8/c1-16(2)21-10-11(23-16)12-13(20-9-8-19-7-6-18-5)14-15(22-12)25-17(3,4)24-14/h11-15H,6-10H2,1-5H3. The van der Waals surface area contributed by atoms with Gasteiger partial charge in [0.1, 0.15) is 24.4 Å². The van der Waals surface area contributed by atoms with Crippen molar-refractivity contribution in [1.29, 1.82) is 0 Å². The molecule has 5 atom stereocenters. The minimum atomic E-state index is -0.691. The van der Waals surface area contributed by atoms with E-state index in [4.69, 9.17) is 37.9 Å². The molecule has 0 bridgehead atoms. The maximum Gasteiger partial charge on any atom is 0.190 e. The molecule has 3 rings (SSSR count). The van der Waals surface area contributed by atoms with Crippen LogP contribution in [0.4, 0.5) is 0 Å². The highest BCUT2D eigenvalue weighted by atomic mass is 16.8. The lowest BCUT2D eigenvalue weighted by Crippen LogP contribution is -2.44. The van der Waals surface area contributed by atoms with Crippen molar-refractivity contribution >= 4 is 0 Å². The zero-order chi connectivity index (χ0) is 18.1. The predicted molar refractivity (Wildman–Crippen MR) is 86.0 cm³/mol. The predicted octanol–water partition coefficient (Wildman–Crippen LogP) is 1.06. The van der Waals surface area contributed by atoms with Crippen molar-refractivity contribution in [3.63, 3.8) is 0 Å². The minimum absolute atomic E-state index is 0.227. The van der Waals surface area contributed by atoms with E-state index in [1.54, 1.807) is 7.11 Å². The highest BCUT2D eigenvalue weighted by Crippen LogP contribution is 2.41. The van der Waals surface area contributed by atoms with Gasteiger partial charge in [-0.3, -0.25) is 0 Å². The third-order valence-corrected chi connectivity index (χ3v) is 4.39. The maximum atomic E-state index is 6.07. The first-order valence-electron chi connectivity index (χ1n) is 8.82. The highest BCUT2D eigenvalue weighted by Gasteiger charge is 2.58. The lowest BCUT2D eigenvalue weighted by Gasteiger charge is -2.29. The van der Waals surface area contributed by atoms with E-state index in [1.165, 1.54) is 0 Å². The topological polar surface area (TPSA) is 73.8 Å². The molecule has 3 fully saturated rings. The van der Waals surface area contributed by atoms with E-state index in [-0.39, 0.29) is 24.4 Å². The second-order valence-corrected chi connectivity index (χ2v) is 7.38. The van der Waals surface area contributed by atoms with Crippen molar-refractivity contribution in [1.82, 2.24) is 0 Å². The van der Waals surface area contributed by atoms with Crippen LogP contribution in [-0.2, 0) is 37.9 Å². The van der Waals surface area contributed by atoms with Gasteiger partial charge in [0, 0.05) is 7.11 Å². The summed E-state index contributed by atoms with van der Waals surface area (Å²) in [6.07, 6.45) is -1.61. The van der Waals surface area contributed by atoms with E-state index >= 15 is 0 Å². The highest BCUT2D eigenvalue weighted by molar-refractivity contribution is 4.98. The molecule has 0 N–H and O–H groups in total. The Labute approximate surface area is 148 Å². The quantitative estimate of drug-likeness (QED) is 0.594. The fourth-order valence-corrected chi connectivity index (χ4v) is 3.36. The van der Waals surface area contributed by atoms with Crippen LogP contribution in [0.5, 0.6) is 0 Å². The summed E-state index contributed by atoms with van der Waals surface area (Å²) in [5.74, 6) is -1.32. The Morgan fingerprint density at radius 1 is 0.880 bits per heavy atom. The summed E-state index contributed by atoms with van der Waals surface area (Å²) in [6.45, 7) is 9.96. The van der Waals surface area contributed by atoms with Crippen molar-refractivity contribution in [3.05, 3.63) is 0 Å². The summed E-state index contributed by atoms with van der Waals surface area (Å²) in [6, 6.07) is 0. The Bertz CT molecular complexity index is 440. The van der Waals surface area contributed by atoms with Gasteiger partial charge in [-0.05, 0) is 27.7 Å². The molecule has 0 amide bonds. The first kappa shape index (κ1) is 19.4. The van der Waals surface area contributed by atoms with Gasteiger partial charge in [-0.25, -0.2) is 0 Å². The van der Waals surface area contributed by atoms with Crippen molar-refractivity contribution < 1.29 is 37.9 Å². The van der Waals surface area contributed by atoms with Gasteiger partial charge in [0.2, 0.25) is 0 Å². The lowest BCUT2D eigenvalue weighted by atomic mass is 10.1. The first-order chi connectivity index (χ1) is 11.8. The van der Waals surface area contributed by atoms with Gasteiger partial charge in [-0.1, -0.05) is 0 Å². The second kappa shape index (κ2) is 7.74. The van der Waals surface area contributed by atoms with E-state index in [0.717, 1.165) is 0 Å². The van der Waals surface area contributed by atoms with Crippen LogP contribution >= 0.6 is 0 Å². The molecular formula is C17H30O8. The molecule has 0 aliphatic carbocycles. The number of rotatable bonds is 8. The molecule has 5 unspecified atom stereocenters. The van der Waals surface area contributed by atoms with Gasteiger partial charge in [0.05, 0.1) is 33.0 Å². The molecule has 0 radical (unpaired) electrons. The SMILES string of the molecule is COCCOCCOC1C(C2COC(C)(C)O2)OC2OC(C)(C)OC21. The molecule has 0 spiro atoms. The molecule has 25 heavy (non-hydrogen) atoms. The third kappa shape index (κ3) is 4.70. The van der Waals surface area contributed by atoms with Crippen LogP contribution in [0, 0.1) is 0 Å². The first-order valence-corrected chi connectivity index (χ1v) is 8.82.